The number of halogens is 1. The number of benzene rings is 2. The summed E-state index contributed by atoms with van der Waals surface area (Å²) in [6.45, 7) is 2.22. The Morgan fingerprint density at radius 3 is 2.49 bits per heavy atom. The molecule has 10 heteroatoms. The van der Waals surface area contributed by atoms with Crippen LogP contribution in [0.1, 0.15) is 40.2 Å². The van der Waals surface area contributed by atoms with Crippen LogP contribution >= 0.6 is 11.6 Å². The molecule has 3 heterocycles. The van der Waals surface area contributed by atoms with Crippen molar-refractivity contribution in [2.45, 2.75) is 36.9 Å². The number of fused-ring (bicyclic) bond motifs is 9. The molecular weight excluding hydrogens is 496 g/mol. The Balaban J connectivity index is 1.43. The summed E-state index contributed by atoms with van der Waals surface area (Å²) in [5.41, 5.74) is 1.20. The summed E-state index contributed by atoms with van der Waals surface area (Å²) < 4.78 is 17.2. The Bertz CT molecular complexity index is 1270. The number of alkyl carbamates (subject to hydrolysis) is 1. The molecule has 2 fully saturated rings. The molecular formula is C27H27ClN4O5. The van der Waals surface area contributed by atoms with Gasteiger partial charge < -0.3 is 30.2 Å². The van der Waals surface area contributed by atoms with E-state index < -0.39 is 23.8 Å². The van der Waals surface area contributed by atoms with Crippen molar-refractivity contribution in [3.63, 3.8) is 0 Å². The van der Waals surface area contributed by atoms with Crippen molar-refractivity contribution in [2.75, 3.05) is 26.3 Å². The van der Waals surface area contributed by atoms with Gasteiger partial charge in [0.15, 0.2) is 6.23 Å². The summed E-state index contributed by atoms with van der Waals surface area (Å²) in [6.07, 6.45) is 3.09. The minimum atomic E-state index is -1.03. The van der Waals surface area contributed by atoms with Crippen molar-refractivity contribution in [3.8, 4) is 17.6 Å². The van der Waals surface area contributed by atoms with Crippen molar-refractivity contribution >= 4 is 23.6 Å². The van der Waals surface area contributed by atoms with E-state index in [4.69, 9.17) is 25.8 Å². The molecule has 1 atom stereocenters. The van der Waals surface area contributed by atoms with Crippen molar-refractivity contribution in [2.24, 2.45) is 0 Å². The fourth-order valence-corrected chi connectivity index (χ4v) is 4.39. The summed E-state index contributed by atoms with van der Waals surface area (Å²) in [6, 6.07) is 12.9. The summed E-state index contributed by atoms with van der Waals surface area (Å²) >= 11 is 6.40. The highest BCUT2D eigenvalue weighted by molar-refractivity contribution is 6.32. The molecule has 3 N–H and O–H groups in total. The smallest absolute Gasteiger partial charge is 0.410 e. The van der Waals surface area contributed by atoms with E-state index in [1.807, 2.05) is 18.2 Å². The molecule has 6 rings (SSSR count). The third kappa shape index (κ3) is 5.98. The molecule has 192 valence electrons. The number of nitrogens with zero attached hydrogens (tertiary/aromatic N) is 1. The quantitative estimate of drug-likeness (QED) is 0.528. The number of hydrogen-bond donors (Lipinski definition) is 3. The van der Waals surface area contributed by atoms with Gasteiger partial charge >= 0.3 is 6.09 Å². The number of hydrogen-bond acceptors (Lipinski definition) is 7. The topological polar surface area (TPSA) is 122 Å². The van der Waals surface area contributed by atoms with E-state index >= 15 is 0 Å². The summed E-state index contributed by atoms with van der Waals surface area (Å²) in [5.74, 6) is 0.803. The fraction of sp³-hybridized carbons (Fsp3) is 0.370. The first kappa shape index (κ1) is 24.9. The van der Waals surface area contributed by atoms with E-state index in [-0.39, 0.29) is 13.0 Å². The monoisotopic (exact) mass is 522 g/mol. The van der Waals surface area contributed by atoms with Crippen molar-refractivity contribution in [3.05, 3.63) is 70.3 Å². The Labute approximate surface area is 219 Å². The molecule has 3 aliphatic heterocycles. The summed E-state index contributed by atoms with van der Waals surface area (Å²) in [7, 11) is 0. The van der Waals surface area contributed by atoms with Crippen LogP contribution in [-0.2, 0) is 11.2 Å². The molecule has 2 bridgehead atoms. The maximum atomic E-state index is 13.5. The van der Waals surface area contributed by atoms with Crippen LogP contribution in [0, 0.1) is 11.3 Å². The van der Waals surface area contributed by atoms with E-state index in [1.165, 1.54) is 0 Å². The van der Waals surface area contributed by atoms with Gasteiger partial charge in [-0.3, -0.25) is 4.79 Å². The second-order valence-electron chi connectivity index (χ2n) is 9.36. The minimum Gasteiger partial charge on any atom is -0.489 e. The van der Waals surface area contributed by atoms with Crippen molar-refractivity contribution < 1.29 is 23.8 Å². The zero-order valence-corrected chi connectivity index (χ0v) is 20.8. The first-order valence-corrected chi connectivity index (χ1v) is 12.6. The van der Waals surface area contributed by atoms with E-state index in [0.717, 1.165) is 24.2 Å². The van der Waals surface area contributed by atoms with E-state index in [0.29, 0.717) is 47.5 Å². The van der Waals surface area contributed by atoms with Crippen LogP contribution in [0.2, 0.25) is 5.02 Å². The number of rotatable bonds is 3. The maximum absolute atomic E-state index is 13.5. The van der Waals surface area contributed by atoms with Gasteiger partial charge in [-0.15, -0.1) is 0 Å². The SMILES string of the molecule is N#CC1(NC(=O)O[C@H]2Cc3ccc(c(Cl)c3)OC/C=C/COc3ccc(C4CNC4)cc3C(=O)N2)CC1. The molecule has 0 unspecified atom stereocenters. The maximum Gasteiger partial charge on any atom is 0.410 e. The summed E-state index contributed by atoms with van der Waals surface area (Å²) in [4.78, 5) is 26.1. The van der Waals surface area contributed by atoms with Gasteiger partial charge in [-0.25, -0.2) is 4.79 Å². The predicted octanol–water partition coefficient (Wildman–Crippen LogP) is 3.44. The largest absolute Gasteiger partial charge is 0.489 e. The first-order valence-electron chi connectivity index (χ1n) is 12.2. The zero-order valence-electron chi connectivity index (χ0n) is 20.1. The van der Waals surface area contributed by atoms with Gasteiger partial charge in [0, 0.05) is 25.4 Å². The van der Waals surface area contributed by atoms with Crippen LogP contribution in [0.3, 0.4) is 0 Å². The Morgan fingerprint density at radius 2 is 1.84 bits per heavy atom. The molecule has 1 saturated heterocycles. The Hall–Kier alpha value is -3.74. The van der Waals surface area contributed by atoms with Crippen LogP contribution in [0.15, 0.2) is 48.6 Å². The van der Waals surface area contributed by atoms with Gasteiger partial charge in [-0.1, -0.05) is 23.7 Å². The van der Waals surface area contributed by atoms with Gasteiger partial charge in [0.05, 0.1) is 16.7 Å². The molecule has 9 nitrogen and oxygen atoms in total. The number of carbonyl (C=O) groups excluding carboxylic acids is 2. The van der Waals surface area contributed by atoms with E-state index in [2.05, 4.69) is 22.0 Å². The highest BCUT2D eigenvalue weighted by Crippen LogP contribution is 2.34. The van der Waals surface area contributed by atoms with Gasteiger partial charge in [-0.05, 0) is 60.4 Å². The van der Waals surface area contributed by atoms with Crippen molar-refractivity contribution in [1.29, 1.82) is 5.26 Å². The molecule has 0 aromatic heterocycles. The Morgan fingerprint density at radius 1 is 1.11 bits per heavy atom. The van der Waals surface area contributed by atoms with Gasteiger partial charge in [-0.2, -0.15) is 5.26 Å². The number of nitriles is 1. The number of carbonyl (C=O) groups is 2. The van der Waals surface area contributed by atoms with Gasteiger partial charge in [0.2, 0.25) is 0 Å². The molecule has 0 spiro atoms. The standard InChI is InChI=1S/C27H27ClN4O5/c28-21-11-17-3-5-23(21)36-10-2-1-9-35-22-6-4-18(19-14-30-15-19)13-20(22)25(33)31-24(12-17)37-26(34)32-27(16-29)7-8-27/h1-6,11,13,19,24,30H,7-10,12,14-15H2,(H,31,33)(H,32,34)/b2-1+/t24-/m0/s1. The first-order chi connectivity index (χ1) is 17.9. The molecule has 37 heavy (non-hydrogen) atoms. The molecule has 1 aliphatic carbocycles. The zero-order chi connectivity index (χ0) is 25.8. The molecule has 0 radical (unpaired) electrons. The predicted molar refractivity (Wildman–Crippen MR) is 136 cm³/mol. The molecule has 2 amide bonds. The summed E-state index contributed by atoms with van der Waals surface area (Å²) in [5, 5.41) is 18.4. The van der Waals surface area contributed by atoms with Crippen LogP contribution in [0.5, 0.6) is 11.5 Å². The number of amides is 2. The normalized spacial score (nSPS) is 21.6. The van der Waals surface area contributed by atoms with E-state index in [9.17, 15) is 14.9 Å². The molecule has 2 aromatic rings. The van der Waals surface area contributed by atoms with Crippen LogP contribution in [-0.4, -0.2) is 50.1 Å². The molecule has 4 aliphatic rings. The fourth-order valence-electron chi connectivity index (χ4n) is 4.13. The third-order valence-corrected chi connectivity index (χ3v) is 6.90. The van der Waals surface area contributed by atoms with Crippen molar-refractivity contribution in [1.82, 2.24) is 16.0 Å². The van der Waals surface area contributed by atoms with Crippen LogP contribution in [0.4, 0.5) is 4.79 Å². The van der Waals surface area contributed by atoms with Gasteiger partial charge in [0.25, 0.3) is 5.91 Å². The lowest BCUT2D eigenvalue weighted by Gasteiger charge is -2.28. The average Bonchev–Trinajstić information content (AvgIpc) is 3.60. The van der Waals surface area contributed by atoms with Crippen LogP contribution in [0.25, 0.3) is 0 Å². The average molecular weight is 523 g/mol. The Kier molecular flexibility index (Phi) is 7.22. The minimum absolute atomic E-state index is 0.154. The number of ether oxygens (including phenoxy) is 3. The van der Waals surface area contributed by atoms with Crippen LogP contribution < -0.4 is 25.4 Å². The molecule has 1 saturated carbocycles. The lowest BCUT2D eigenvalue weighted by Crippen LogP contribution is -2.45. The van der Waals surface area contributed by atoms with Gasteiger partial charge in [0.1, 0.15) is 30.3 Å². The third-order valence-electron chi connectivity index (χ3n) is 6.60. The second kappa shape index (κ2) is 10.7. The highest BCUT2D eigenvalue weighted by Gasteiger charge is 2.45. The highest BCUT2D eigenvalue weighted by atomic mass is 35.5. The van der Waals surface area contributed by atoms with E-state index in [1.54, 1.807) is 30.3 Å². The number of nitrogens with one attached hydrogen (secondary N) is 3. The molecule has 2 aromatic carbocycles. The lowest BCUT2D eigenvalue weighted by molar-refractivity contribution is 0.0622. The lowest BCUT2D eigenvalue weighted by atomic mass is 9.92. The second-order valence-corrected chi connectivity index (χ2v) is 9.77.